The molecular formula is C16H23NO3. The summed E-state index contributed by atoms with van der Waals surface area (Å²) in [7, 11) is 0. The summed E-state index contributed by atoms with van der Waals surface area (Å²) in [5.74, 6) is 0.411. The fourth-order valence-electron chi connectivity index (χ4n) is 2.04. The minimum Gasteiger partial charge on any atom is -0.426 e. The van der Waals surface area contributed by atoms with Crippen molar-refractivity contribution < 1.29 is 14.3 Å². The summed E-state index contributed by atoms with van der Waals surface area (Å²) in [6.07, 6.45) is 4.84. The summed E-state index contributed by atoms with van der Waals surface area (Å²) in [5.41, 5.74) is 5.72. The Labute approximate surface area is 120 Å². The van der Waals surface area contributed by atoms with E-state index < -0.39 is 0 Å². The Hall–Kier alpha value is -1.84. The van der Waals surface area contributed by atoms with E-state index >= 15 is 0 Å². The number of ether oxygens (including phenoxy) is 1. The Bertz CT molecular complexity index is 457. The highest BCUT2D eigenvalue weighted by molar-refractivity contribution is 5.85. The monoisotopic (exact) mass is 277 g/mol. The van der Waals surface area contributed by atoms with Gasteiger partial charge in [0, 0.05) is 12.0 Å². The van der Waals surface area contributed by atoms with Gasteiger partial charge in [0.15, 0.2) is 0 Å². The number of para-hydroxylation sites is 1. The number of rotatable bonds is 5. The van der Waals surface area contributed by atoms with Crippen molar-refractivity contribution in [3.8, 4) is 5.75 Å². The zero-order valence-corrected chi connectivity index (χ0v) is 12.2. The van der Waals surface area contributed by atoms with Gasteiger partial charge in [-0.05, 0) is 12.5 Å². The SMILES string of the molecule is CCC(N)=O.CCCCCC1C(=O)Oc2ccccc21. The normalized spacial score (nSPS) is 15.9. The summed E-state index contributed by atoms with van der Waals surface area (Å²) in [6.45, 7) is 3.89. The lowest BCUT2D eigenvalue weighted by Gasteiger charge is -2.05. The zero-order chi connectivity index (χ0) is 15.0. The molecule has 20 heavy (non-hydrogen) atoms. The first-order chi connectivity index (χ1) is 9.60. The highest BCUT2D eigenvalue weighted by atomic mass is 16.5. The predicted octanol–water partition coefficient (Wildman–Crippen LogP) is 3.15. The molecule has 1 aromatic rings. The highest BCUT2D eigenvalue weighted by Gasteiger charge is 2.31. The van der Waals surface area contributed by atoms with Crippen LogP contribution in [0.25, 0.3) is 0 Å². The van der Waals surface area contributed by atoms with E-state index in [2.05, 4.69) is 12.7 Å². The zero-order valence-electron chi connectivity index (χ0n) is 12.2. The van der Waals surface area contributed by atoms with Crippen molar-refractivity contribution in [2.45, 2.75) is 51.9 Å². The van der Waals surface area contributed by atoms with Crippen molar-refractivity contribution in [3.63, 3.8) is 0 Å². The van der Waals surface area contributed by atoms with Crippen LogP contribution in [-0.2, 0) is 9.59 Å². The highest BCUT2D eigenvalue weighted by Crippen LogP contribution is 2.37. The lowest BCUT2D eigenvalue weighted by atomic mass is 9.95. The molecule has 1 aliphatic heterocycles. The molecule has 4 nitrogen and oxygen atoms in total. The molecular weight excluding hydrogens is 254 g/mol. The number of primary amides is 1. The summed E-state index contributed by atoms with van der Waals surface area (Å²) in [4.78, 5) is 21.2. The van der Waals surface area contributed by atoms with E-state index in [1.807, 2.05) is 24.3 Å². The Morgan fingerprint density at radius 3 is 2.50 bits per heavy atom. The lowest BCUT2D eigenvalue weighted by Crippen LogP contribution is -2.09. The molecule has 110 valence electrons. The van der Waals surface area contributed by atoms with E-state index in [1.165, 1.54) is 12.8 Å². The van der Waals surface area contributed by atoms with Crippen LogP contribution in [0, 0.1) is 0 Å². The van der Waals surface area contributed by atoms with Crippen LogP contribution in [0.3, 0.4) is 0 Å². The van der Waals surface area contributed by atoms with Gasteiger partial charge < -0.3 is 10.5 Å². The van der Waals surface area contributed by atoms with Crippen LogP contribution in [0.4, 0.5) is 0 Å². The molecule has 1 atom stereocenters. The molecule has 2 rings (SSSR count). The molecule has 0 radical (unpaired) electrons. The van der Waals surface area contributed by atoms with Gasteiger partial charge in [-0.3, -0.25) is 9.59 Å². The van der Waals surface area contributed by atoms with Gasteiger partial charge in [0.05, 0.1) is 5.92 Å². The van der Waals surface area contributed by atoms with E-state index in [1.54, 1.807) is 6.92 Å². The Morgan fingerprint density at radius 2 is 1.90 bits per heavy atom. The van der Waals surface area contributed by atoms with Crippen molar-refractivity contribution in [1.82, 2.24) is 0 Å². The van der Waals surface area contributed by atoms with Gasteiger partial charge in [-0.25, -0.2) is 0 Å². The molecule has 0 aromatic heterocycles. The molecule has 4 heteroatoms. The molecule has 0 saturated heterocycles. The minimum atomic E-state index is -0.245. The van der Waals surface area contributed by atoms with E-state index in [0.717, 1.165) is 24.2 Å². The molecule has 2 N–H and O–H groups in total. The molecule has 1 aromatic carbocycles. The molecule has 1 aliphatic rings. The van der Waals surface area contributed by atoms with Crippen LogP contribution < -0.4 is 10.5 Å². The van der Waals surface area contributed by atoms with E-state index in [9.17, 15) is 9.59 Å². The first-order valence-corrected chi connectivity index (χ1v) is 7.19. The third-order valence-electron chi connectivity index (χ3n) is 3.23. The van der Waals surface area contributed by atoms with E-state index in [0.29, 0.717) is 6.42 Å². The number of benzene rings is 1. The number of carbonyl (C=O) groups excluding carboxylic acids is 2. The van der Waals surface area contributed by atoms with Crippen LogP contribution in [-0.4, -0.2) is 11.9 Å². The number of fused-ring (bicyclic) bond motifs is 1. The molecule has 0 aliphatic carbocycles. The maximum absolute atomic E-state index is 11.6. The fraction of sp³-hybridized carbons (Fsp3) is 0.500. The van der Waals surface area contributed by atoms with Crippen LogP contribution in [0.5, 0.6) is 5.75 Å². The molecule has 0 fully saturated rings. The average molecular weight is 277 g/mol. The van der Waals surface area contributed by atoms with Crippen LogP contribution in [0.1, 0.15) is 57.4 Å². The topological polar surface area (TPSA) is 69.4 Å². The van der Waals surface area contributed by atoms with Gasteiger partial charge in [-0.15, -0.1) is 0 Å². The van der Waals surface area contributed by atoms with Gasteiger partial charge in [0.1, 0.15) is 5.75 Å². The largest absolute Gasteiger partial charge is 0.426 e. The van der Waals surface area contributed by atoms with Crippen molar-refractivity contribution in [1.29, 1.82) is 0 Å². The van der Waals surface area contributed by atoms with Crippen molar-refractivity contribution in [2.24, 2.45) is 5.73 Å². The second kappa shape index (κ2) is 8.35. The third kappa shape index (κ3) is 4.68. The Morgan fingerprint density at radius 1 is 1.25 bits per heavy atom. The number of unbranched alkanes of at least 4 members (excludes halogenated alkanes) is 2. The standard InChI is InChI=1S/C13H16O2.C3H7NO/c1-2-3-4-8-11-10-7-5-6-9-12(10)15-13(11)14;1-2-3(4)5/h5-7,9,11H,2-4,8H2,1H3;2H2,1H3,(H2,4,5). The number of hydrogen-bond acceptors (Lipinski definition) is 3. The maximum Gasteiger partial charge on any atom is 0.318 e. The molecule has 0 saturated carbocycles. The van der Waals surface area contributed by atoms with Gasteiger partial charge in [-0.2, -0.15) is 0 Å². The minimum absolute atomic E-state index is 0.0206. The Kier molecular flexibility index (Phi) is 6.77. The van der Waals surface area contributed by atoms with Crippen molar-refractivity contribution in [2.75, 3.05) is 0 Å². The van der Waals surface area contributed by atoms with Gasteiger partial charge >= 0.3 is 5.97 Å². The number of amides is 1. The lowest BCUT2D eigenvalue weighted by molar-refractivity contribution is -0.134. The molecule has 1 unspecified atom stereocenters. The van der Waals surface area contributed by atoms with Gasteiger partial charge in [-0.1, -0.05) is 51.3 Å². The number of nitrogens with two attached hydrogens (primary N) is 1. The first-order valence-electron chi connectivity index (χ1n) is 7.19. The summed E-state index contributed by atoms with van der Waals surface area (Å²) in [6, 6.07) is 7.73. The Balaban J connectivity index is 0.000000347. The van der Waals surface area contributed by atoms with Gasteiger partial charge in [0.25, 0.3) is 0 Å². The number of carbonyl (C=O) groups is 2. The van der Waals surface area contributed by atoms with Crippen molar-refractivity contribution >= 4 is 11.9 Å². The van der Waals surface area contributed by atoms with Crippen LogP contribution in [0.2, 0.25) is 0 Å². The van der Waals surface area contributed by atoms with Gasteiger partial charge in [0.2, 0.25) is 5.91 Å². The van der Waals surface area contributed by atoms with E-state index in [-0.39, 0.29) is 17.8 Å². The predicted molar refractivity (Wildman–Crippen MR) is 78.4 cm³/mol. The second-order valence-corrected chi connectivity index (χ2v) is 4.83. The van der Waals surface area contributed by atoms with Crippen LogP contribution in [0.15, 0.2) is 24.3 Å². The first kappa shape index (κ1) is 16.2. The number of hydrogen-bond donors (Lipinski definition) is 1. The molecule has 1 amide bonds. The molecule has 0 bridgehead atoms. The number of esters is 1. The third-order valence-corrected chi connectivity index (χ3v) is 3.23. The summed E-state index contributed by atoms with van der Waals surface area (Å²) >= 11 is 0. The molecule has 0 spiro atoms. The maximum atomic E-state index is 11.6. The second-order valence-electron chi connectivity index (χ2n) is 4.83. The molecule has 1 heterocycles. The van der Waals surface area contributed by atoms with Crippen LogP contribution >= 0.6 is 0 Å². The quantitative estimate of drug-likeness (QED) is 0.510. The van der Waals surface area contributed by atoms with Crippen molar-refractivity contribution in [3.05, 3.63) is 29.8 Å². The van der Waals surface area contributed by atoms with E-state index in [4.69, 9.17) is 4.74 Å². The smallest absolute Gasteiger partial charge is 0.318 e. The average Bonchev–Trinajstić information content (AvgIpc) is 2.76. The summed E-state index contributed by atoms with van der Waals surface area (Å²) in [5, 5.41) is 0. The summed E-state index contributed by atoms with van der Waals surface area (Å²) < 4.78 is 5.21. The fourth-order valence-corrected chi connectivity index (χ4v) is 2.04.